The van der Waals surface area contributed by atoms with Crippen molar-refractivity contribution < 1.29 is 8.42 Å². The van der Waals surface area contributed by atoms with Crippen molar-refractivity contribution in [2.45, 2.75) is 31.1 Å². The van der Waals surface area contributed by atoms with Crippen molar-refractivity contribution in [3.8, 4) is 0 Å². The van der Waals surface area contributed by atoms with E-state index in [-0.39, 0.29) is 5.75 Å². The van der Waals surface area contributed by atoms with Gasteiger partial charge in [0.1, 0.15) is 0 Å². The third kappa shape index (κ3) is 3.56. The number of benzene rings is 1. The molecule has 1 aliphatic heterocycles. The van der Waals surface area contributed by atoms with Gasteiger partial charge in [-0.2, -0.15) is 0 Å². The van der Waals surface area contributed by atoms with Crippen molar-refractivity contribution in [1.29, 1.82) is 0 Å². The first-order valence-corrected chi connectivity index (χ1v) is 8.23. The molecule has 0 amide bonds. The second-order valence-corrected chi connectivity index (χ2v) is 7.23. The minimum Gasteiger partial charge on any atom is -0.317 e. The predicted molar refractivity (Wildman–Crippen MR) is 73.4 cm³/mol. The molecule has 0 atom stereocenters. The van der Waals surface area contributed by atoms with Crippen LogP contribution in [0.4, 0.5) is 0 Å². The second-order valence-electron chi connectivity index (χ2n) is 5.12. The number of sulfone groups is 1. The maximum absolute atomic E-state index is 12.2. The zero-order valence-corrected chi connectivity index (χ0v) is 11.7. The summed E-state index contributed by atoms with van der Waals surface area (Å²) < 4.78 is 24.4. The molecule has 4 heteroatoms. The molecule has 3 nitrogen and oxygen atoms in total. The third-order valence-electron chi connectivity index (χ3n) is 3.60. The SMILES string of the molecule is Cc1cccc(S(=O)(=O)CCC2CCNCC2)c1. The van der Waals surface area contributed by atoms with Gasteiger partial charge < -0.3 is 5.32 Å². The van der Waals surface area contributed by atoms with Crippen LogP contribution in [0, 0.1) is 12.8 Å². The lowest BCUT2D eigenvalue weighted by Crippen LogP contribution is -2.28. The molecule has 1 aromatic rings. The topological polar surface area (TPSA) is 46.2 Å². The minimum atomic E-state index is -3.10. The van der Waals surface area contributed by atoms with Crippen LogP contribution in [0.15, 0.2) is 29.2 Å². The summed E-state index contributed by atoms with van der Waals surface area (Å²) in [6.07, 6.45) is 2.99. The highest BCUT2D eigenvalue weighted by atomic mass is 32.2. The number of hydrogen-bond acceptors (Lipinski definition) is 3. The third-order valence-corrected chi connectivity index (χ3v) is 5.35. The van der Waals surface area contributed by atoms with Crippen LogP contribution < -0.4 is 5.32 Å². The van der Waals surface area contributed by atoms with Crippen LogP contribution in [-0.2, 0) is 9.84 Å². The Balaban J connectivity index is 1.98. The Bertz CT molecular complexity index is 490. The first-order chi connectivity index (χ1) is 8.58. The highest BCUT2D eigenvalue weighted by Crippen LogP contribution is 2.20. The standard InChI is InChI=1S/C14H21NO2S/c1-12-3-2-4-14(11-12)18(16,17)10-7-13-5-8-15-9-6-13/h2-4,11,13,15H,5-10H2,1H3. The molecule has 1 heterocycles. The van der Waals surface area contributed by atoms with Crippen LogP contribution in [0.25, 0.3) is 0 Å². The smallest absolute Gasteiger partial charge is 0.178 e. The van der Waals surface area contributed by atoms with E-state index in [0.29, 0.717) is 10.8 Å². The van der Waals surface area contributed by atoms with Gasteiger partial charge in [0.2, 0.25) is 0 Å². The van der Waals surface area contributed by atoms with Crippen LogP contribution in [0.3, 0.4) is 0 Å². The van der Waals surface area contributed by atoms with Crippen LogP contribution >= 0.6 is 0 Å². The fourth-order valence-corrected chi connectivity index (χ4v) is 3.95. The van der Waals surface area contributed by atoms with Crippen molar-refractivity contribution >= 4 is 9.84 Å². The van der Waals surface area contributed by atoms with Crippen molar-refractivity contribution in [3.63, 3.8) is 0 Å². The van der Waals surface area contributed by atoms with E-state index in [4.69, 9.17) is 0 Å². The summed E-state index contributed by atoms with van der Waals surface area (Å²) in [4.78, 5) is 0.469. The molecule has 0 bridgehead atoms. The summed E-state index contributed by atoms with van der Waals surface area (Å²) in [5, 5.41) is 3.30. The highest BCUT2D eigenvalue weighted by Gasteiger charge is 2.19. The number of rotatable bonds is 4. The van der Waals surface area contributed by atoms with E-state index in [0.717, 1.165) is 37.9 Å². The number of piperidine rings is 1. The molecule has 2 rings (SSSR count). The van der Waals surface area contributed by atoms with Crippen molar-refractivity contribution in [2.24, 2.45) is 5.92 Å². The van der Waals surface area contributed by atoms with E-state index in [1.165, 1.54) is 0 Å². The normalized spacial score (nSPS) is 17.8. The summed E-state index contributed by atoms with van der Waals surface area (Å²) in [5.74, 6) is 0.840. The first-order valence-electron chi connectivity index (χ1n) is 6.58. The molecule has 0 saturated carbocycles. The maximum Gasteiger partial charge on any atom is 0.178 e. The lowest BCUT2D eigenvalue weighted by molar-refractivity contribution is 0.365. The Kier molecular flexibility index (Phi) is 4.40. The van der Waals surface area contributed by atoms with Gasteiger partial charge in [-0.05, 0) is 62.9 Å². The number of nitrogens with one attached hydrogen (secondary N) is 1. The quantitative estimate of drug-likeness (QED) is 0.909. The van der Waals surface area contributed by atoms with Gasteiger partial charge >= 0.3 is 0 Å². The molecule has 0 aromatic heterocycles. The molecule has 1 fully saturated rings. The van der Waals surface area contributed by atoms with Gasteiger partial charge in [-0.15, -0.1) is 0 Å². The number of aryl methyl sites for hydroxylation is 1. The zero-order valence-electron chi connectivity index (χ0n) is 10.9. The highest BCUT2D eigenvalue weighted by molar-refractivity contribution is 7.91. The Morgan fingerprint density at radius 3 is 2.67 bits per heavy atom. The van der Waals surface area contributed by atoms with Gasteiger partial charge in [0.15, 0.2) is 9.84 Å². The number of hydrogen-bond donors (Lipinski definition) is 1. The molecule has 18 heavy (non-hydrogen) atoms. The Morgan fingerprint density at radius 2 is 2.00 bits per heavy atom. The molecule has 1 saturated heterocycles. The second kappa shape index (κ2) is 5.85. The van der Waals surface area contributed by atoms with Crippen LogP contribution in [-0.4, -0.2) is 27.3 Å². The first kappa shape index (κ1) is 13.6. The average molecular weight is 267 g/mol. The van der Waals surface area contributed by atoms with Crippen LogP contribution in [0.1, 0.15) is 24.8 Å². The van der Waals surface area contributed by atoms with Crippen LogP contribution in [0.5, 0.6) is 0 Å². The molecule has 1 aliphatic rings. The summed E-state index contributed by atoms with van der Waals surface area (Å²) in [6, 6.07) is 7.20. The fourth-order valence-electron chi connectivity index (χ4n) is 2.42. The Morgan fingerprint density at radius 1 is 1.28 bits per heavy atom. The largest absolute Gasteiger partial charge is 0.317 e. The minimum absolute atomic E-state index is 0.279. The molecule has 0 unspecified atom stereocenters. The lowest BCUT2D eigenvalue weighted by Gasteiger charge is -2.22. The molecule has 0 spiro atoms. The van der Waals surface area contributed by atoms with Crippen molar-refractivity contribution in [3.05, 3.63) is 29.8 Å². The molecule has 0 aliphatic carbocycles. The summed E-state index contributed by atoms with van der Waals surface area (Å²) in [5.41, 5.74) is 0.998. The van der Waals surface area contributed by atoms with E-state index in [1.807, 2.05) is 19.1 Å². The van der Waals surface area contributed by atoms with Crippen molar-refractivity contribution in [1.82, 2.24) is 5.32 Å². The average Bonchev–Trinajstić information content (AvgIpc) is 2.38. The zero-order chi connectivity index (χ0) is 13.0. The van der Waals surface area contributed by atoms with E-state index < -0.39 is 9.84 Å². The Hall–Kier alpha value is -0.870. The monoisotopic (exact) mass is 267 g/mol. The Labute approximate surface area is 110 Å². The molecule has 0 radical (unpaired) electrons. The molecular weight excluding hydrogens is 246 g/mol. The summed E-state index contributed by atoms with van der Waals surface area (Å²) >= 11 is 0. The summed E-state index contributed by atoms with van der Waals surface area (Å²) in [6.45, 7) is 3.97. The molecule has 100 valence electrons. The maximum atomic E-state index is 12.2. The van der Waals surface area contributed by atoms with Crippen LogP contribution in [0.2, 0.25) is 0 Å². The molecule has 1 aromatic carbocycles. The van der Waals surface area contributed by atoms with E-state index >= 15 is 0 Å². The van der Waals surface area contributed by atoms with E-state index in [1.54, 1.807) is 12.1 Å². The van der Waals surface area contributed by atoms with Gasteiger partial charge in [0.25, 0.3) is 0 Å². The van der Waals surface area contributed by atoms with E-state index in [2.05, 4.69) is 5.32 Å². The van der Waals surface area contributed by atoms with E-state index in [9.17, 15) is 8.42 Å². The predicted octanol–water partition coefficient (Wildman–Crippen LogP) is 2.16. The molecular formula is C14H21NO2S. The summed E-state index contributed by atoms with van der Waals surface area (Å²) in [7, 11) is -3.10. The van der Waals surface area contributed by atoms with Gasteiger partial charge in [-0.3, -0.25) is 0 Å². The van der Waals surface area contributed by atoms with Gasteiger partial charge in [0, 0.05) is 0 Å². The lowest BCUT2D eigenvalue weighted by atomic mass is 9.96. The van der Waals surface area contributed by atoms with Gasteiger partial charge in [0.05, 0.1) is 10.6 Å². The van der Waals surface area contributed by atoms with Gasteiger partial charge in [-0.1, -0.05) is 12.1 Å². The van der Waals surface area contributed by atoms with Crippen molar-refractivity contribution in [2.75, 3.05) is 18.8 Å². The fraction of sp³-hybridized carbons (Fsp3) is 0.571. The molecule has 1 N–H and O–H groups in total. The van der Waals surface area contributed by atoms with Gasteiger partial charge in [-0.25, -0.2) is 8.42 Å².